The summed E-state index contributed by atoms with van der Waals surface area (Å²) < 4.78 is 0. The van der Waals surface area contributed by atoms with Crippen molar-refractivity contribution in [2.45, 2.75) is 0 Å². The van der Waals surface area contributed by atoms with Crippen molar-refractivity contribution in [1.29, 1.82) is 0 Å². The van der Waals surface area contributed by atoms with Gasteiger partial charge in [0.2, 0.25) is 0 Å². The standard InChI is InChI=1S/C36H25N/c1-3-14-27(15-4-1)35-31-19-9-11-21-33(31)36(34-22-12-10-20-32(34)35)37(29-17-5-2-6-18-29)30-24-23-26-13-7-8-16-28(26)25-30/h1-25H. The quantitative estimate of drug-likeness (QED) is 0.231. The molecular formula is C36H25N. The van der Waals surface area contributed by atoms with Crippen molar-refractivity contribution in [2.24, 2.45) is 0 Å². The van der Waals surface area contributed by atoms with E-state index in [0.717, 1.165) is 11.4 Å². The zero-order valence-electron chi connectivity index (χ0n) is 20.4. The Morgan fingerprint density at radius 2 is 0.865 bits per heavy atom. The topological polar surface area (TPSA) is 3.24 Å². The van der Waals surface area contributed by atoms with E-state index in [4.69, 9.17) is 0 Å². The Morgan fingerprint density at radius 1 is 0.351 bits per heavy atom. The highest BCUT2D eigenvalue weighted by molar-refractivity contribution is 6.22. The lowest BCUT2D eigenvalue weighted by Gasteiger charge is -2.29. The number of rotatable bonds is 4. The first kappa shape index (κ1) is 21.4. The van der Waals surface area contributed by atoms with Crippen LogP contribution < -0.4 is 4.90 Å². The van der Waals surface area contributed by atoms with Crippen molar-refractivity contribution in [3.8, 4) is 11.1 Å². The average Bonchev–Trinajstić information content (AvgIpc) is 2.98. The summed E-state index contributed by atoms with van der Waals surface area (Å²) in [6.07, 6.45) is 0. The van der Waals surface area contributed by atoms with Gasteiger partial charge in [0.25, 0.3) is 0 Å². The molecule has 0 atom stereocenters. The number of hydrogen-bond acceptors (Lipinski definition) is 1. The number of hydrogen-bond donors (Lipinski definition) is 0. The fraction of sp³-hybridized carbons (Fsp3) is 0. The maximum Gasteiger partial charge on any atom is 0.0618 e. The highest BCUT2D eigenvalue weighted by Crippen LogP contribution is 2.48. The first-order valence-electron chi connectivity index (χ1n) is 12.7. The number of para-hydroxylation sites is 1. The highest BCUT2D eigenvalue weighted by Gasteiger charge is 2.21. The molecule has 0 radical (unpaired) electrons. The fourth-order valence-corrected chi connectivity index (χ4v) is 5.56. The average molecular weight is 472 g/mol. The molecule has 0 aromatic heterocycles. The van der Waals surface area contributed by atoms with Crippen LogP contribution in [0.3, 0.4) is 0 Å². The van der Waals surface area contributed by atoms with E-state index in [1.54, 1.807) is 0 Å². The molecule has 0 saturated heterocycles. The molecule has 0 aliphatic heterocycles. The van der Waals surface area contributed by atoms with Crippen LogP contribution in [0.15, 0.2) is 152 Å². The Morgan fingerprint density at radius 3 is 1.51 bits per heavy atom. The van der Waals surface area contributed by atoms with Crippen LogP contribution in [-0.2, 0) is 0 Å². The lowest BCUT2D eigenvalue weighted by atomic mass is 9.90. The van der Waals surface area contributed by atoms with Gasteiger partial charge in [-0.25, -0.2) is 0 Å². The predicted octanol–water partition coefficient (Wildman–Crippen LogP) is 10.3. The molecule has 0 bridgehead atoms. The fourth-order valence-electron chi connectivity index (χ4n) is 5.56. The van der Waals surface area contributed by atoms with Gasteiger partial charge < -0.3 is 4.90 Å². The van der Waals surface area contributed by atoms with Gasteiger partial charge in [-0.15, -0.1) is 0 Å². The molecule has 7 aromatic rings. The number of nitrogens with zero attached hydrogens (tertiary/aromatic N) is 1. The van der Waals surface area contributed by atoms with Crippen LogP contribution in [0.5, 0.6) is 0 Å². The first-order chi connectivity index (χ1) is 18.4. The molecule has 174 valence electrons. The molecule has 37 heavy (non-hydrogen) atoms. The van der Waals surface area contributed by atoms with E-state index in [0.29, 0.717) is 0 Å². The molecule has 0 aliphatic carbocycles. The number of anilines is 3. The summed E-state index contributed by atoms with van der Waals surface area (Å²) in [6.45, 7) is 0. The zero-order valence-corrected chi connectivity index (χ0v) is 20.4. The second kappa shape index (κ2) is 8.96. The molecule has 0 heterocycles. The molecule has 1 nitrogen and oxygen atoms in total. The summed E-state index contributed by atoms with van der Waals surface area (Å²) in [5, 5.41) is 7.45. The first-order valence-corrected chi connectivity index (χ1v) is 12.7. The summed E-state index contributed by atoms with van der Waals surface area (Å²) in [5.41, 5.74) is 6.00. The van der Waals surface area contributed by atoms with Crippen LogP contribution in [0.4, 0.5) is 17.1 Å². The maximum absolute atomic E-state index is 2.42. The molecule has 7 aromatic carbocycles. The lowest BCUT2D eigenvalue weighted by molar-refractivity contribution is 1.32. The Balaban J connectivity index is 1.62. The highest BCUT2D eigenvalue weighted by atomic mass is 15.1. The maximum atomic E-state index is 2.42. The third-order valence-electron chi connectivity index (χ3n) is 7.19. The van der Waals surface area contributed by atoms with E-state index >= 15 is 0 Å². The number of fused-ring (bicyclic) bond motifs is 3. The van der Waals surface area contributed by atoms with Crippen molar-refractivity contribution in [3.63, 3.8) is 0 Å². The Labute approximate surface area is 216 Å². The van der Waals surface area contributed by atoms with Crippen LogP contribution >= 0.6 is 0 Å². The van der Waals surface area contributed by atoms with Gasteiger partial charge in [-0.05, 0) is 56.9 Å². The van der Waals surface area contributed by atoms with Gasteiger partial charge in [-0.3, -0.25) is 0 Å². The summed E-state index contributed by atoms with van der Waals surface area (Å²) in [7, 11) is 0. The van der Waals surface area contributed by atoms with Crippen molar-refractivity contribution in [1.82, 2.24) is 0 Å². The minimum Gasteiger partial charge on any atom is -0.309 e. The van der Waals surface area contributed by atoms with E-state index in [9.17, 15) is 0 Å². The molecule has 0 unspecified atom stereocenters. The molecule has 0 amide bonds. The Bertz CT molecular complexity index is 1810. The van der Waals surface area contributed by atoms with Crippen molar-refractivity contribution >= 4 is 49.4 Å². The summed E-state index contributed by atoms with van der Waals surface area (Å²) in [6, 6.07) is 54.5. The van der Waals surface area contributed by atoms with Crippen LogP contribution in [-0.4, -0.2) is 0 Å². The van der Waals surface area contributed by atoms with Gasteiger partial charge >= 0.3 is 0 Å². The molecule has 0 aliphatic rings. The zero-order chi connectivity index (χ0) is 24.6. The molecule has 1 heteroatoms. The minimum atomic E-state index is 1.14. The van der Waals surface area contributed by atoms with E-state index in [-0.39, 0.29) is 0 Å². The van der Waals surface area contributed by atoms with E-state index in [2.05, 4.69) is 157 Å². The van der Waals surface area contributed by atoms with Gasteiger partial charge in [-0.2, -0.15) is 0 Å². The summed E-state index contributed by atoms with van der Waals surface area (Å²) in [4.78, 5) is 2.42. The van der Waals surface area contributed by atoms with Gasteiger partial charge in [0, 0.05) is 22.1 Å². The minimum absolute atomic E-state index is 1.14. The SMILES string of the molecule is c1ccc(-c2c3ccccc3c(N(c3ccccc3)c3ccc4ccccc4c3)c3ccccc23)cc1. The van der Waals surface area contributed by atoms with Crippen LogP contribution in [0.2, 0.25) is 0 Å². The van der Waals surface area contributed by atoms with Gasteiger partial charge in [0.15, 0.2) is 0 Å². The van der Waals surface area contributed by atoms with Crippen molar-refractivity contribution < 1.29 is 0 Å². The normalized spacial score (nSPS) is 11.2. The van der Waals surface area contributed by atoms with Crippen LogP contribution in [0.1, 0.15) is 0 Å². The largest absolute Gasteiger partial charge is 0.309 e. The summed E-state index contributed by atoms with van der Waals surface area (Å²) >= 11 is 0. The van der Waals surface area contributed by atoms with Gasteiger partial charge in [0.1, 0.15) is 0 Å². The van der Waals surface area contributed by atoms with Gasteiger partial charge in [-0.1, -0.05) is 127 Å². The third kappa shape index (κ3) is 3.64. The number of benzene rings is 7. The monoisotopic (exact) mass is 471 g/mol. The van der Waals surface area contributed by atoms with E-state index < -0.39 is 0 Å². The molecule has 7 rings (SSSR count). The van der Waals surface area contributed by atoms with E-state index in [1.807, 2.05) is 0 Å². The van der Waals surface area contributed by atoms with Crippen molar-refractivity contribution in [2.75, 3.05) is 4.90 Å². The Hall–Kier alpha value is -4.88. The van der Waals surface area contributed by atoms with Crippen LogP contribution in [0, 0.1) is 0 Å². The lowest BCUT2D eigenvalue weighted by Crippen LogP contribution is -2.11. The second-order valence-corrected chi connectivity index (χ2v) is 9.38. The molecule has 0 spiro atoms. The van der Waals surface area contributed by atoms with Crippen LogP contribution in [0.25, 0.3) is 43.4 Å². The second-order valence-electron chi connectivity index (χ2n) is 9.38. The molecule has 0 fully saturated rings. The Kier molecular flexibility index (Phi) is 5.19. The molecule has 0 N–H and O–H groups in total. The smallest absolute Gasteiger partial charge is 0.0618 e. The van der Waals surface area contributed by atoms with Gasteiger partial charge in [0.05, 0.1) is 5.69 Å². The van der Waals surface area contributed by atoms with E-state index in [1.165, 1.54) is 49.1 Å². The third-order valence-corrected chi connectivity index (χ3v) is 7.19. The predicted molar refractivity (Wildman–Crippen MR) is 159 cm³/mol. The molecular weight excluding hydrogens is 446 g/mol. The van der Waals surface area contributed by atoms with Crippen molar-refractivity contribution in [3.05, 3.63) is 152 Å². The summed E-state index contributed by atoms with van der Waals surface area (Å²) in [5.74, 6) is 0. The molecule has 0 saturated carbocycles.